The van der Waals surface area contributed by atoms with Gasteiger partial charge in [0.25, 0.3) is 5.91 Å². The van der Waals surface area contributed by atoms with Crippen LogP contribution >= 0.6 is 0 Å². The normalized spacial score (nSPS) is 14.4. The summed E-state index contributed by atoms with van der Waals surface area (Å²) < 4.78 is 10.6. The minimum atomic E-state index is -0.819. The molecule has 0 aromatic heterocycles. The van der Waals surface area contributed by atoms with Crippen molar-refractivity contribution in [2.75, 3.05) is 19.7 Å². The number of rotatable bonds is 7. The molecule has 2 aromatic carbocycles. The van der Waals surface area contributed by atoms with Crippen molar-refractivity contribution in [1.29, 1.82) is 0 Å². The maximum absolute atomic E-state index is 12.4. The number of ketones is 1. The fraction of sp³-hybridized carbons (Fsp3) is 0.318. The third-order valence-electron chi connectivity index (χ3n) is 4.58. The van der Waals surface area contributed by atoms with Gasteiger partial charge in [-0.15, -0.1) is 0 Å². The van der Waals surface area contributed by atoms with Crippen LogP contribution in [0.1, 0.15) is 35.7 Å². The van der Waals surface area contributed by atoms with E-state index in [1.165, 1.54) is 0 Å². The number of nitrogens with zero attached hydrogens (tertiary/aromatic N) is 1. The lowest BCUT2D eigenvalue weighted by Crippen LogP contribution is -2.38. The van der Waals surface area contributed by atoms with Crippen LogP contribution in [0.2, 0.25) is 0 Å². The van der Waals surface area contributed by atoms with E-state index in [0.29, 0.717) is 30.0 Å². The summed E-state index contributed by atoms with van der Waals surface area (Å²) in [4.78, 5) is 38.2. The van der Waals surface area contributed by atoms with Crippen LogP contribution in [0.5, 0.6) is 5.75 Å². The monoisotopic (exact) mass is 381 g/mol. The van der Waals surface area contributed by atoms with Crippen molar-refractivity contribution in [2.45, 2.75) is 25.9 Å². The highest BCUT2D eigenvalue weighted by molar-refractivity contribution is 6.08. The number of carbonyl (C=O) groups excluding carboxylic acids is 3. The van der Waals surface area contributed by atoms with Gasteiger partial charge in [0.15, 0.2) is 18.5 Å². The third kappa shape index (κ3) is 4.97. The Balaban J connectivity index is 1.48. The van der Waals surface area contributed by atoms with Crippen LogP contribution < -0.4 is 4.74 Å². The molecule has 0 N–H and O–H groups in total. The number of carbonyl (C=O) groups is 3. The lowest BCUT2D eigenvalue weighted by molar-refractivity contribution is -0.160. The maximum Gasteiger partial charge on any atom is 0.344 e. The van der Waals surface area contributed by atoms with Gasteiger partial charge < -0.3 is 14.4 Å². The van der Waals surface area contributed by atoms with E-state index >= 15 is 0 Å². The topological polar surface area (TPSA) is 72.9 Å². The summed E-state index contributed by atoms with van der Waals surface area (Å²) in [7, 11) is 0. The smallest absolute Gasteiger partial charge is 0.344 e. The second-order valence-electron chi connectivity index (χ2n) is 6.67. The van der Waals surface area contributed by atoms with Crippen molar-refractivity contribution in [3.05, 3.63) is 65.7 Å². The summed E-state index contributed by atoms with van der Waals surface area (Å²) in [6, 6.07) is 15.5. The van der Waals surface area contributed by atoms with E-state index in [2.05, 4.69) is 0 Å². The standard InChI is InChI=1S/C22H23NO5/c1-16(22(26)23-13-5-6-14-23)28-20(24)15-27-19-11-9-18(10-12-19)21(25)17-7-3-2-4-8-17/h2-4,7-12,16H,5-6,13-15H2,1H3/t16-/m0/s1. The van der Waals surface area contributed by atoms with Crippen LogP contribution in [-0.2, 0) is 14.3 Å². The van der Waals surface area contributed by atoms with Gasteiger partial charge in [-0.25, -0.2) is 4.79 Å². The molecule has 0 unspecified atom stereocenters. The minimum absolute atomic E-state index is 0.0826. The van der Waals surface area contributed by atoms with Crippen LogP contribution in [0.25, 0.3) is 0 Å². The number of esters is 1. The average molecular weight is 381 g/mol. The molecule has 1 aliphatic rings. The molecule has 6 heteroatoms. The zero-order valence-corrected chi connectivity index (χ0v) is 15.8. The highest BCUT2D eigenvalue weighted by Gasteiger charge is 2.26. The van der Waals surface area contributed by atoms with E-state index in [0.717, 1.165) is 12.8 Å². The first kappa shape index (κ1) is 19.6. The molecule has 0 saturated carbocycles. The van der Waals surface area contributed by atoms with Crippen LogP contribution in [0, 0.1) is 0 Å². The summed E-state index contributed by atoms with van der Waals surface area (Å²) in [5.74, 6) is -0.417. The number of amides is 1. The molecule has 0 bridgehead atoms. The molecular weight excluding hydrogens is 358 g/mol. The average Bonchev–Trinajstić information content (AvgIpc) is 3.27. The number of likely N-dealkylation sites (tertiary alicyclic amines) is 1. The summed E-state index contributed by atoms with van der Waals surface area (Å²) in [6.07, 6.45) is 1.15. The number of hydrogen-bond donors (Lipinski definition) is 0. The molecule has 1 heterocycles. The zero-order valence-electron chi connectivity index (χ0n) is 15.8. The first-order chi connectivity index (χ1) is 13.5. The molecule has 1 aliphatic heterocycles. The summed E-state index contributed by atoms with van der Waals surface area (Å²) >= 11 is 0. The Kier molecular flexibility index (Phi) is 6.42. The van der Waals surface area contributed by atoms with Crippen molar-refractivity contribution < 1.29 is 23.9 Å². The van der Waals surface area contributed by atoms with E-state index in [1.807, 2.05) is 18.2 Å². The molecule has 0 aliphatic carbocycles. The van der Waals surface area contributed by atoms with Crippen molar-refractivity contribution in [3.8, 4) is 5.75 Å². The van der Waals surface area contributed by atoms with Crippen LogP contribution in [0.15, 0.2) is 54.6 Å². The molecule has 2 aromatic rings. The van der Waals surface area contributed by atoms with Crippen LogP contribution in [-0.4, -0.2) is 48.4 Å². The van der Waals surface area contributed by atoms with E-state index in [9.17, 15) is 14.4 Å². The molecule has 1 saturated heterocycles. The quantitative estimate of drug-likeness (QED) is 0.545. The minimum Gasteiger partial charge on any atom is -0.482 e. The molecule has 0 spiro atoms. The fourth-order valence-corrected chi connectivity index (χ4v) is 3.08. The van der Waals surface area contributed by atoms with Gasteiger partial charge in [-0.2, -0.15) is 0 Å². The summed E-state index contributed by atoms with van der Waals surface area (Å²) in [6.45, 7) is 2.70. The molecule has 1 atom stereocenters. The van der Waals surface area contributed by atoms with Gasteiger partial charge in [0.2, 0.25) is 0 Å². The molecule has 1 fully saturated rings. The predicted molar refractivity (Wildman–Crippen MR) is 103 cm³/mol. The summed E-state index contributed by atoms with van der Waals surface area (Å²) in [5, 5.41) is 0. The predicted octanol–water partition coefficient (Wildman–Crippen LogP) is 2.85. The van der Waals surface area contributed by atoms with Crippen LogP contribution in [0.4, 0.5) is 0 Å². The Bertz CT molecular complexity index is 826. The Morgan fingerprint density at radius 2 is 1.54 bits per heavy atom. The molecule has 0 radical (unpaired) electrons. The van der Waals surface area contributed by atoms with Crippen molar-refractivity contribution in [2.24, 2.45) is 0 Å². The zero-order chi connectivity index (χ0) is 19.9. The molecule has 146 valence electrons. The molecule has 3 rings (SSSR count). The van der Waals surface area contributed by atoms with Crippen molar-refractivity contribution in [1.82, 2.24) is 4.90 Å². The van der Waals surface area contributed by atoms with Gasteiger partial charge in [-0.3, -0.25) is 9.59 Å². The lowest BCUT2D eigenvalue weighted by atomic mass is 10.0. The number of hydrogen-bond acceptors (Lipinski definition) is 5. The van der Waals surface area contributed by atoms with Gasteiger partial charge in [0, 0.05) is 24.2 Å². The van der Waals surface area contributed by atoms with Crippen molar-refractivity contribution in [3.63, 3.8) is 0 Å². The first-order valence-corrected chi connectivity index (χ1v) is 9.35. The molecule has 28 heavy (non-hydrogen) atoms. The SMILES string of the molecule is C[C@H](OC(=O)COc1ccc(C(=O)c2ccccc2)cc1)C(=O)N1CCCC1. The van der Waals surface area contributed by atoms with E-state index in [1.54, 1.807) is 48.2 Å². The largest absolute Gasteiger partial charge is 0.482 e. The number of ether oxygens (including phenoxy) is 2. The Morgan fingerprint density at radius 1 is 0.929 bits per heavy atom. The van der Waals surface area contributed by atoms with Gasteiger partial charge in [0.05, 0.1) is 0 Å². The number of benzene rings is 2. The van der Waals surface area contributed by atoms with Crippen molar-refractivity contribution >= 4 is 17.7 Å². The van der Waals surface area contributed by atoms with Gasteiger partial charge in [0.1, 0.15) is 5.75 Å². The third-order valence-corrected chi connectivity index (χ3v) is 4.58. The van der Waals surface area contributed by atoms with Gasteiger partial charge >= 0.3 is 5.97 Å². The fourth-order valence-electron chi connectivity index (χ4n) is 3.08. The van der Waals surface area contributed by atoms with Gasteiger partial charge in [-0.1, -0.05) is 30.3 Å². The van der Waals surface area contributed by atoms with E-state index in [-0.39, 0.29) is 18.3 Å². The second-order valence-corrected chi connectivity index (χ2v) is 6.67. The van der Waals surface area contributed by atoms with Crippen LogP contribution in [0.3, 0.4) is 0 Å². The first-order valence-electron chi connectivity index (χ1n) is 9.35. The maximum atomic E-state index is 12.4. The Hall–Kier alpha value is -3.15. The molecular formula is C22H23NO5. The van der Waals surface area contributed by atoms with E-state index < -0.39 is 12.1 Å². The highest BCUT2D eigenvalue weighted by atomic mass is 16.6. The van der Waals surface area contributed by atoms with E-state index in [4.69, 9.17) is 9.47 Å². The Labute approximate surface area is 164 Å². The van der Waals surface area contributed by atoms with Gasteiger partial charge in [-0.05, 0) is 44.0 Å². The summed E-state index contributed by atoms with van der Waals surface area (Å²) in [5.41, 5.74) is 1.14. The Morgan fingerprint density at radius 3 is 2.18 bits per heavy atom. The molecule has 6 nitrogen and oxygen atoms in total. The lowest BCUT2D eigenvalue weighted by Gasteiger charge is -2.20. The highest BCUT2D eigenvalue weighted by Crippen LogP contribution is 2.16. The second kappa shape index (κ2) is 9.17. The molecule has 1 amide bonds.